The molecule has 0 aliphatic heterocycles. The number of amides is 1. The van der Waals surface area contributed by atoms with E-state index in [0.717, 1.165) is 26.1 Å². The Morgan fingerprint density at radius 1 is 1.44 bits per heavy atom. The molecule has 0 fully saturated rings. The number of aryl methyl sites for hydroxylation is 1. The maximum Gasteiger partial charge on any atom is 0.233 e. The minimum absolute atomic E-state index is 0.0662. The first-order valence-electron chi connectivity index (χ1n) is 5.89. The highest BCUT2D eigenvalue weighted by Gasteiger charge is 2.01. The Hall–Kier alpha value is -1.29. The molecule has 0 aliphatic rings. The molecule has 0 atom stereocenters. The molecule has 1 heterocycles. The van der Waals surface area contributed by atoms with Gasteiger partial charge < -0.3 is 15.2 Å². The Morgan fingerprint density at radius 2 is 2.25 bits per heavy atom. The third-order valence-corrected chi connectivity index (χ3v) is 2.43. The standard InChI is InChI=1S/C12H21N3O/c1-3-7-14-12(16)10-13-9-11-6-5-8-15(11)4-2/h5-6,8,13H,3-4,7,9-10H2,1-2H3,(H,14,16). The van der Waals surface area contributed by atoms with Crippen LogP contribution < -0.4 is 10.6 Å². The minimum Gasteiger partial charge on any atom is -0.355 e. The molecule has 0 saturated carbocycles. The smallest absolute Gasteiger partial charge is 0.233 e. The van der Waals surface area contributed by atoms with Crippen LogP contribution in [0.4, 0.5) is 0 Å². The lowest BCUT2D eigenvalue weighted by Crippen LogP contribution is -2.34. The highest BCUT2D eigenvalue weighted by Crippen LogP contribution is 2.00. The number of carbonyl (C=O) groups is 1. The molecule has 0 saturated heterocycles. The van der Waals surface area contributed by atoms with Gasteiger partial charge in [0, 0.05) is 31.5 Å². The van der Waals surface area contributed by atoms with Gasteiger partial charge in [0.05, 0.1) is 6.54 Å². The highest BCUT2D eigenvalue weighted by molar-refractivity contribution is 5.77. The monoisotopic (exact) mass is 223 g/mol. The van der Waals surface area contributed by atoms with Crippen molar-refractivity contribution in [3.63, 3.8) is 0 Å². The summed E-state index contributed by atoms with van der Waals surface area (Å²) in [5.74, 6) is 0.0662. The van der Waals surface area contributed by atoms with Crippen molar-refractivity contribution < 1.29 is 4.79 Å². The normalized spacial score (nSPS) is 10.4. The predicted octanol–water partition coefficient (Wildman–Crippen LogP) is 1.12. The predicted molar refractivity (Wildman–Crippen MR) is 65.1 cm³/mol. The van der Waals surface area contributed by atoms with E-state index >= 15 is 0 Å². The van der Waals surface area contributed by atoms with Gasteiger partial charge in [-0.3, -0.25) is 4.79 Å². The second-order valence-corrected chi connectivity index (χ2v) is 3.74. The zero-order valence-corrected chi connectivity index (χ0v) is 10.1. The van der Waals surface area contributed by atoms with Gasteiger partial charge in [-0.05, 0) is 25.5 Å². The lowest BCUT2D eigenvalue weighted by Gasteiger charge is -2.08. The molecule has 0 unspecified atom stereocenters. The Bertz CT molecular complexity index is 320. The zero-order valence-electron chi connectivity index (χ0n) is 10.1. The molecule has 4 nitrogen and oxygen atoms in total. The number of aromatic nitrogens is 1. The van der Waals surface area contributed by atoms with E-state index in [-0.39, 0.29) is 5.91 Å². The fourth-order valence-electron chi connectivity index (χ4n) is 1.55. The van der Waals surface area contributed by atoms with Crippen LogP contribution in [0.15, 0.2) is 18.3 Å². The van der Waals surface area contributed by atoms with Crippen LogP contribution in [-0.4, -0.2) is 23.6 Å². The minimum atomic E-state index is 0.0662. The molecular weight excluding hydrogens is 202 g/mol. The molecule has 16 heavy (non-hydrogen) atoms. The number of hydrogen-bond acceptors (Lipinski definition) is 2. The van der Waals surface area contributed by atoms with Crippen LogP contribution in [0, 0.1) is 0 Å². The summed E-state index contributed by atoms with van der Waals surface area (Å²) in [5.41, 5.74) is 1.21. The molecule has 0 aliphatic carbocycles. The van der Waals surface area contributed by atoms with Gasteiger partial charge in [0.15, 0.2) is 0 Å². The average molecular weight is 223 g/mol. The zero-order chi connectivity index (χ0) is 11.8. The topological polar surface area (TPSA) is 46.1 Å². The maximum absolute atomic E-state index is 11.3. The molecule has 90 valence electrons. The lowest BCUT2D eigenvalue weighted by molar-refractivity contribution is -0.120. The fourth-order valence-corrected chi connectivity index (χ4v) is 1.55. The summed E-state index contributed by atoms with van der Waals surface area (Å²) in [6.07, 6.45) is 3.03. The summed E-state index contributed by atoms with van der Waals surface area (Å²) >= 11 is 0. The first-order valence-corrected chi connectivity index (χ1v) is 5.89. The molecule has 0 radical (unpaired) electrons. The molecule has 0 bridgehead atoms. The van der Waals surface area contributed by atoms with Crippen LogP contribution in [-0.2, 0) is 17.9 Å². The third kappa shape index (κ3) is 4.06. The number of hydrogen-bond donors (Lipinski definition) is 2. The number of nitrogens with one attached hydrogen (secondary N) is 2. The Balaban J connectivity index is 2.22. The van der Waals surface area contributed by atoms with Crippen LogP contribution >= 0.6 is 0 Å². The van der Waals surface area contributed by atoms with Crippen LogP contribution in [0.3, 0.4) is 0 Å². The van der Waals surface area contributed by atoms with E-state index in [1.54, 1.807) is 0 Å². The van der Waals surface area contributed by atoms with E-state index in [1.807, 2.05) is 19.2 Å². The summed E-state index contributed by atoms with van der Waals surface area (Å²) in [7, 11) is 0. The van der Waals surface area contributed by atoms with Crippen LogP contribution in [0.25, 0.3) is 0 Å². The molecule has 1 rings (SSSR count). The van der Waals surface area contributed by atoms with E-state index in [2.05, 4.69) is 28.2 Å². The molecular formula is C12H21N3O. The van der Waals surface area contributed by atoms with E-state index in [1.165, 1.54) is 5.69 Å². The van der Waals surface area contributed by atoms with Crippen LogP contribution in [0.1, 0.15) is 26.0 Å². The van der Waals surface area contributed by atoms with Gasteiger partial charge in [0.1, 0.15) is 0 Å². The summed E-state index contributed by atoms with van der Waals surface area (Å²) < 4.78 is 2.16. The van der Waals surface area contributed by atoms with E-state index in [0.29, 0.717) is 6.54 Å². The third-order valence-electron chi connectivity index (χ3n) is 2.43. The largest absolute Gasteiger partial charge is 0.355 e. The van der Waals surface area contributed by atoms with E-state index in [4.69, 9.17) is 0 Å². The Labute approximate surface area is 97.0 Å². The Kier molecular flexibility index (Phi) is 5.64. The van der Waals surface area contributed by atoms with Crippen molar-refractivity contribution in [2.75, 3.05) is 13.1 Å². The molecule has 0 spiro atoms. The molecule has 2 N–H and O–H groups in total. The van der Waals surface area contributed by atoms with Crippen LogP contribution in [0.5, 0.6) is 0 Å². The lowest BCUT2D eigenvalue weighted by atomic mass is 10.4. The average Bonchev–Trinajstić information content (AvgIpc) is 2.74. The van der Waals surface area contributed by atoms with Gasteiger partial charge in [-0.2, -0.15) is 0 Å². The van der Waals surface area contributed by atoms with Crippen molar-refractivity contribution in [2.24, 2.45) is 0 Å². The van der Waals surface area contributed by atoms with Crippen molar-refractivity contribution in [3.8, 4) is 0 Å². The van der Waals surface area contributed by atoms with Gasteiger partial charge >= 0.3 is 0 Å². The van der Waals surface area contributed by atoms with Crippen molar-refractivity contribution in [3.05, 3.63) is 24.0 Å². The fraction of sp³-hybridized carbons (Fsp3) is 0.583. The molecule has 0 aromatic carbocycles. The van der Waals surface area contributed by atoms with E-state index in [9.17, 15) is 4.79 Å². The summed E-state index contributed by atoms with van der Waals surface area (Å²) in [6.45, 7) is 6.99. The summed E-state index contributed by atoms with van der Waals surface area (Å²) in [4.78, 5) is 11.3. The SMILES string of the molecule is CCCNC(=O)CNCc1cccn1CC. The summed E-state index contributed by atoms with van der Waals surface area (Å²) in [6, 6.07) is 4.10. The van der Waals surface area contributed by atoms with Gasteiger partial charge in [-0.25, -0.2) is 0 Å². The first kappa shape index (κ1) is 12.8. The van der Waals surface area contributed by atoms with Crippen molar-refractivity contribution in [2.45, 2.75) is 33.4 Å². The summed E-state index contributed by atoms with van der Waals surface area (Å²) in [5, 5.41) is 5.97. The number of carbonyl (C=O) groups excluding carboxylic acids is 1. The van der Waals surface area contributed by atoms with Gasteiger partial charge in [0.25, 0.3) is 0 Å². The van der Waals surface area contributed by atoms with Gasteiger partial charge in [-0.15, -0.1) is 0 Å². The van der Waals surface area contributed by atoms with Gasteiger partial charge in [0.2, 0.25) is 5.91 Å². The van der Waals surface area contributed by atoms with E-state index < -0.39 is 0 Å². The van der Waals surface area contributed by atoms with Gasteiger partial charge in [-0.1, -0.05) is 6.92 Å². The quantitative estimate of drug-likeness (QED) is 0.727. The Morgan fingerprint density at radius 3 is 2.94 bits per heavy atom. The molecule has 1 aromatic rings. The number of nitrogens with zero attached hydrogens (tertiary/aromatic N) is 1. The molecule has 1 amide bonds. The van der Waals surface area contributed by atoms with Crippen molar-refractivity contribution in [1.29, 1.82) is 0 Å². The highest BCUT2D eigenvalue weighted by atomic mass is 16.1. The second kappa shape index (κ2) is 7.06. The van der Waals surface area contributed by atoms with Crippen molar-refractivity contribution in [1.82, 2.24) is 15.2 Å². The number of rotatable bonds is 7. The first-order chi connectivity index (χ1) is 7.77. The van der Waals surface area contributed by atoms with Crippen molar-refractivity contribution >= 4 is 5.91 Å². The van der Waals surface area contributed by atoms with Crippen LogP contribution in [0.2, 0.25) is 0 Å². The molecule has 1 aromatic heterocycles. The second-order valence-electron chi connectivity index (χ2n) is 3.74. The maximum atomic E-state index is 11.3. The molecule has 4 heteroatoms.